The van der Waals surface area contributed by atoms with Crippen LogP contribution >= 0.6 is 0 Å². The molecule has 14 heavy (non-hydrogen) atoms. The lowest BCUT2D eigenvalue weighted by Crippen LogP contribution is -2.12. The largest absolute Gasteiger partial charge is 0.391 e. The predicted molar refractivity (Wildman–Crippen MR) is 52.2 cm³/mol. The quantitative estimate of drug-likeness (QED) is 0.819. The van der Waals surface area contributed by atoms with Crippen LogP contribution in [0.1, 0.15) is 18.5 Å². The molecule has 0 saturated carbocycles. The van der Waals surface area contributed by atoms with Gasteiger partial charge in [-0.05, 0) is 12.5 Å². The maximum absolute atomic E-state index is 10.4. The van der Waals surface area contributed by atoms with Crippen LogP contribution in [-0.2, 0) is 10.5 Å². The van der Waals surface area contributed by atoms with Crippen molar-refractivity contribution in [1.29, 1.82) is 0 Å². The lowest BCUT2D eigenvalue weighted by Gasteiger charge is -2.12. The maximum atomic E-state index is 10.4. The molecule has 76 valence electrons. The van der Waals surface area contributed by atoms with Gasteiger partial charge in [-0.2, -0.15) is 12.8 Å². The molecular formula is C9H11NO3S. The first-order chi connectivity index (χ1) is 6.61. The summed E-state index contributed by atoms with van der Waals surface area (Å²) >= 11 is 0. The number of hydrogen-bond acceptors (Lipinski definition) is 4. The fraction of sp³-hybridized carbons (Fsp3) is 0.333. The summed E-state index contributed by atoms with van der Waals surface area (Å²) in [6, 6.07) is 8.11. The molecule has 0 aliphatic rings. The third-order valence-corrected chi connectivity index (χ3v) is 2.20. The summed E-state index contributed by atoms with van der Waals surface area (Å²) in [5.41, 5.74) is 0.687. The Kier molecular flexibility index (Phi) is 3.79. The van der Waals surface area contributed by atoms with E-state index in [4.69, 9.17) is 0 Å². The van der Waals surface area contributed by atoms with Crippen LogP contribution in [0.4, 0.5) is 0 Å². The zero-order chi connectivity index (χ0) is 10.6. The predicted octanol–water partition coefficient (Wildman–Crippen LogP) is 1.17. The third kappa shape index (κ3) is 2.93. The summed E-state index contributed by atoms with van der Waals surface area (Å²) in [5, 5.41) is 9.35. The van der Waals surface area contributed by atoms with Gasteiger partial charge < -0.3 is 5.11 Å². The summed E-state index contributed by atoms with van der Waals surface area (Å²) in [5.74, 6) is 0. The van der Waals surface area contributed by atoms with Crippen molar-refractivity contribution in [3.63, 3.8) is 0 Å². The van der Waals surface area contributed by atoms with Gasteiger partial charge in [-0.15, -0.1) is 0 Å². The van der Waals surface area contributed by atoms with Crippen molar-refractivity contribution < 1.29 is 13.5 Å². The molecule has 0 spiro atoms. The van der Waals surface area contributed by atoms with E-state index >= 15 is 0 Å². The van der Waals surface area contributed by atoms with E-state index in [0.717, 1.165) is 0 Å². The van der Waals surface area contributed by atoms with Crippen molar-refractivity contribution in [3.8, 4) is 0 Å². The van der Waals surface area contributed by atoms with Gasteiger partial charge in [0.05, 0.1) is 6.10 Å². The fourth-order valence-electron chi connectivity index (χ4n) is 1.17. The van der Waals surface area contributed by atoms with Gasteiger partial charge in [0.1, 0.15) is 6.04 Å². The van der Waals surface area contributed by atoms with E-state index in [1.54, 1.807) is 24.3 Å². The zero-order valence-corrected chi connectivity index (χ0v) is 8.48. The normalized spacial score (nSPS) is 14.4. The van der Waals surface area contributed by atoms with Crippen LogP contribution in [0.3, 0.4) is 0 Å². The van der Waals surface area contributed by atoms with Gasteiger partial charge in [-0.3, -0.25) is 0 Å². The van der Waals surface area contributed by atoms with E-state index in [1.165, 1.54) is 6.92 Å². The molecule has 1 N–H and O–H groups in total. The SMILES string of the molecule is CC(O)C(N=S(=O)=O)c1ccccc1. The number of hydrogen-bond donors (Lipinski definition) is 1. The summed E-state index contributed by atoms with van der Waals surface area (Å²) in [6.07, 6.45) is -0.824. The first-order valence-electron chi connectivity index (χ1n) is 4.14. The van der Waals surface area contributed by atoms with E-state index < -0.39 is 22.6 Å². The van der Waals surface area contributed by atoms with Gasteiger partial charge in [0.25, 0.3) is 0 Å². The number of rotatable bonds is 3. The van der Waals surface area contributed by atoms with E-state index in [1.807, 2.05) is 6.07 Å². The summed E-state index contributed by atoms with van der Waals surface area (Å²) in [6.45, 7) is 1.51. The first-order valence-corrected chi connectivity index (χ1v) is 5.17. The van der Waals surface area contributed by atoms with Crippen LogP contribution in [0.2, 0.25) is 0 Å². The van der Waals surface area contributed by atoms with Gasteiger partial charge >= 0.3 is 10.5 Å². The van der Waals surface area contributed by atoms with Gasteiger partial charge in [-0.25, -0.2) is 0 Å². The van der Waals surface area contributed by atoms with Gasteiger partial charge in [0.2, 0.25) is 0 Å². The van der Waals surface area contributed by atoms with E-state index in [9.17, 15) is 13.5 Å². The highest BCUT2D eigenvalue weighted by Gasteiger charge is 2.16. The minimum absolute atomic E-state index is 0.687. The lowest BCUT2D eigenvalue weighted by molar-refractivity contribution is 0.166. The molecular weight excluding hydrogens is 202 g/mol. The van der Waals surface area contributed by atoms with Crippen LogP contribution in [0.15, 0.2) is 34.7 Å². The second-order valence-corrected chi connectivity index (χ2v) is 3.56. The molecule has 0 aromatic heterocycles. The van der Waals surface area contributed by atoms with Crippen molar-refractivity contribution in [2.24, 2.45) is 4.36 Å². The highest BCUT2D eigenvalue weighted by atomic mass is 32.2. The van der Waals surface area contributed by atoms with E-state index in [0.29, 0.717) is 5.56 Å². The highest BCUT2D eigenvalue weighted by molar-refractivity contribution is 7.61. The molecule has 0 amide bonds. The number of aliphatic hydroxyl groups excluding tert-OH is 1. The molecule has 1 aromatic carbocycles. The molecule has 2 unspecified atom stereocenters. The highest BCUT2D eigenvalue weighted by Crippen LogP contribution is 2.20. The standard InChI is InChI=1S/C9H11NO3S/c1-7(11)9(10-14(12)13)8-5-3-2-4-6-8/h2-7,9,11H,1H3. The Labute approximate surface area is 83.9 Å². The van der Waals surface area contributed by atoms with Crippen molar-refractivity contribution in [2.45, 2.75) is 19.1 Å². The van der Waals surface area contributed by atoms with Crippen LogP contribution in [0.25, 0.3) is 0 Å². The molecule has 0 heterocycles. The Balaban J connectivity index is 3.07. The Bertz CT molecular complexity index is 403. The molecule has 2 atom stereocenters. The van der Waals surface area contributed by atoms with Crippen LogP contribution in [-0.4, -0.2) is 19.6 Å². The third-order valence-electron chi connectivity index (χ3n) is 1.80. The molecule has 0 bridgehead atoms. The Morgan fingerprint density at radius 3 is 2.29 bits per heavy atom. The maximum Gasteiger partial charge on any atom is 0.311 e. The zero-order valence-electron chi connectivity index (χ0n) is 7.66. The number of benzene rings is 1. The first kappa shape index (κ1) is 10.9. The van der Waals surface area contributed by atoms with Crippen molar-refractivity contribution in [2.75, 3.05) is 0 Å². The Morgan fingerprint density at radius 1 is 1.29 bits per heavy atom. The smallest absolute Gasteiger partial charge is 0.311 e. The van der Waals surface area contributed by atoms with Crippen molar-refractivity contribution in [3.05, 3.63) is 35.9 Å². The fourth-order valence-corrected chi connectivity index (χ4v) is 1.65. The monoisotopic (exact) mass is 213 g/mol. The second-order valence-electron chi connectivity index (χ2n) is 2.92. The number of nitrogens with zero attached hydrogens (tertiary/aromatic N) is 1. The lowest BCUT2D eigenvalue weighted by atomic mass is 10.0. The summed E-state index contributed by atoms with van der Waals surface area (Å²) in [7, 11) is -2.50. The molecule has 0 fully saturated rings. The van der Waals surface area contributed by atoms with E-state index in [-0.39, 0.29) is 0 Å². The van der Waals surface area contributed by atoms with Gasteiger partial charge in [0, 0.05) is 0 Å². The molecule has 5 heteroatoms. The van der Waals surface area contributed by atoms with Gasteiger partial charge in [-0.1, -0.05) is 30.3 Å². The average Bonchev–Trinajstić information content (AvgIpc) is 2.15. The molecule has 0 radical (unpaired) electrons. The number of aliphatic hydroxyl groups is 1. The van der Waals surface area contributed by atoms with Crippen molar-refractivity contribution >= 4 is 10.5 Å². The summed E-state index contributed by atoms with van der Waals surface area (Å²) < 4.78 is 24.2. The van der Waals surface area contributed by atoms with Crippen LogP contribution < -0.4 is 0 Å². The summed E-state index contributed by atoms with van der Waals surface area (Å²) in [4.78, 5) is 0. The molecule has 1 aromatic rings. The van der Waals surface area contributed by atoms with Gasteiger partial charge in [0.15, 0.2) is 0 Å². The van der Waals surface area contributed by atoms with E-state index in [2.05, 4.69) is 4.36 Å². The second kappa shape index (κ2) is 4.88. The minimum atomic E-state index is -2.50. The topological polar surface area (TPSA) is 66.7 Å². The average molecular weight is 213 g/mol. The Morgan fingerprint density at radius 2 is 1.86 bits per heavy atom. The molecule has 0 aliphatic heterocycles. The molecule has 0 aliphatic carbocycles. The van der Waals surface area contributed by atoms with Crippen LogP contribution in [0.5, 0.6) is 0 Å². The molecule has 4 nitrogen and oxygen atoms in total. The van der Waals surface area contributed by atoms with Crippen molar-refractivity contribution in [1.82, 2.24) is 0 Å². The molecule has 1 rings (SSSR count). The minimum Gasteiger partial charge on any atom is -0.391 e. The molecule has 0 saturated heterocycles. The Hall–Kier alpha value is -1.20. The van der Waals surface area contributed by atoms with Crippen LogP contribution in [0, 0.1) is 0 Å².